The van der Waals surface area contributed by atoms with Gasteiger partial charge in [0.1, 0.15) is 5.01 Å². The first kappa shape index (κ1) is 21.0. The summed E-state index contributed by atoms with van der Waals surface area (Å²) in [5.74, 6) is 0.824. The molecule has 0 amide bonds. The van der Waals surface area contributed by atoms with Crippen LogP contribution in [0.4, 0.5) is 5.69 Å². The summed E-state index contributed by atoms with van der Waals surface area (Å²) >= 11 is 1.74. The molecule has 0 radical (unpaired) electrons. The molecule has 26 heavy (non-hydrogen) atoms. The molecule has 2 heterocycles. The van der Waals surface area contributed by atoms with Crippen molar-refractivity contribution in [3.8, 4) is 0 Å². The van der Waals surface area contributed by atoms with E-state index in [0.717, 1.165) is 36.2 Å². The molecular weight excluding hydrogens is 457 g/mol. The van der Waals surface area contributed by atoms with E-state index in [1.807, 2.05) is 7.05 Å². The first-order valence-corrected chi connectivity index (χ1v) is 9.62. The smallest absolute Gasteiger partial charge is 0.191 e. The SMILES string of the molecule is CN=C(NCc1nc(C)c(C)s1)NCC(C)N1CCc2ccccc21.I. The zero-order valence-electron chi connectivity index (χ0n) is 15.9. The molecule has 0 saturated carbocycles. The average Bonchev–Trinajstić information content (AvgIpc) is 3.18. The van der Waals surface area contributed by atoms with Crippen molar-refractivity contribution in [1.82, 2.24) is 15.6 Å². The number of nitrogens with one attached hydrogen (secondary N) is 2. The molecule has 2 aromatic rings. The highest BCUT2D eigenvalue weighted by atomic mass is 127. The van der Waals surface area contributed by atoms with Crippen LogP contribution in [-0.4, -0.2) is 37.1 Å². The lowest BCUT2D eigenvalue weighted by atomic mass is 10.2. The van der Waals surface area contributed by atoms with Crippen LogP contribution in [-0.2, 0) is 13.0 Å². The van der Waals surface area contributed by atoms with Crippen molar-refractivity contribution in [2.75, 3.05) is 25.0 Å². The van der Waals surface area contributed by atoms with E-state index in [4.69, 9.17) is 0 Å². The highest BCUT2D eigenvalue weighted by Crippen LogP contribution is 2.28. The Morgan fingerprint density at radius 3 is 2.77 bits per heavy atom. The minimum Gasteiger partial charge on any atom is -0.366 e. The third-order valence-corrected chi connectivity index (χ3v) is 5.80. The highest BCUT2D eigenvalue weighted by molar-refractivity contribution is 14.0. The van der Waals surface area contributed by atoms with E-state index in [0.29, 0.717) is 12.6 Å². The fourth-order valence-corrected chi connectivity index (χ4v) is 4.04. The Bertz CT molecular complexity index is 739. The summed E-state index contributed by atoms with van der Waals surface area (Å²) in [7, 11) is 1.81. The fourth-order valence-electron chi connectivity index (χ4n) is 3.17. The summed E-state index contributed by atoms with van der Waals surface area (Å²) in [6.07, 6.45) is 1.14. The summed E-state index contributed by atoms with van der Waals surface area (Å²) in [6.45, 7) is 9.07. The lowest BCUT2D eigenvalue weighted by Crippen LogP contribution is -2.45. The van der Waals surface area contributed by atoms with Gasteiger partial charge in [0, 0.05) is 36.7 Å². The number of aryl methyl sites for hydroxylation is 2. The fraction of sp³-hybridized carbons (Fsp3) is 0.474. The molecule has 0 spiro atoms. The van der Waals surface area contributed by atoms with Gasteiger partial charge in [-0.05, 0) is 38.8 Å². The Morgan fingerprint density at radius 2 is 2.08 bits per heavy atom. The molecule has 142 valence electrons. The molecule has 1 atom stereocenters. The number of thiazole rings is 1. The number of anilines is 1. The maximum Gasteiger partial charge on any atom is 0.191 e. The summed E-state index contributed by atoms with van der Waals surface area (Å²) in [5.41, 5.74) is 3.94. The number of guanidine groups is 1. The minimum absolute atomic E-state index is 0. The number of hydrogen-bond acceptors (Lipinski definition) is 4. The Balaban J connectivity index is 0.00000243. The molecule has 0 aliphatic carbocycles. The van der Waals surface area contributed by atoms with Gasteiger partial charge >= 0.3 is 0 Å². The normalized spacial score (nSPS) is 14.6. The average molecular weight is 485 g/mol. The van der Waals surface area contributed by atoms with Crippen molar-refractivity contribution in [1.29, 1.82) is 0 Å². The van der Waals surface area contributed by atoms with E-state index in [1.165, 1.54) is 16.1 Å². The first-order chi connectivity index (χ1) is 12.1. The van der Waals surface area contributed by atoms with Gasteiger partial charge < -0.3 is 15.5 Å². The summed E-state index contributed by atoms with van der Waals surface area (Å²) < 4.78 is 0. The number of nitrogens with zero attached hydrogens (tertiary/aromatic N) is 3. The number of rotatable bonds is 5. The van der Waals surface area contributed by atoms with E-state index in [2.05, 4.69) is 70.5 Å². The Kier molecular flexibility index (Phi) is 7.69. The molecule has 1 unspecified atom stereocenters. The van der Waals surface area contributed by atoms with Gasteiger partial charge in [0.2, 0.25) is 0 Å². The minimum atomic E-state index is 0. The van der Waals surface area contributed by atoms with Gasteiger partial charge in [-0.1, -0.05) is 18.2 Å². The van der Waals surface area contributed by atoms with E-state index in [9.17, 15) is 0 Å². The lowest BCUT2D eigenvalue weighted by molar-refractivity contribution is 0.625. The van der Waals surface area contributed by atoms with Crippen LogP contribution in [0, 0.1) is 13.8 Å². The molecule has 0 saturated heterocycles. The number of hydrogen-bond donors (Lipinski definition) is 2. The second kappa shape index (κ2) is 9.55. The van der Waals surface area contributed by atoms with E-state index >= 15 is 0 Å². The third-order valence-electron chi connectivity index (χ3n) is 4.72. The van der Waals surface area contributed by atoms with Crippen LogP contribution >= 0.6 is 35.3 Å². The predicted molar refractivity (Wildman–Crippen MR) is 122 cm³/mol. The largest absolute Gasteiger partial charge is 0.366 e. The predicted octanol–water partition coefficient (Wildman–Crippen LogP) is 3.49. The van der Waals surface area contributed by atoms with Crippen molar-refractivity contribution >= 4 is 47.0 Å². The van der Waals surface area contributed by atoms with Crippen molar-refractivity contribution < 1.29 is 0 Å². The number of para-hydroxylation sites is 1. The standard InChI is InChI=1S/C19H27N5S.HI/c1-13(24-10-9-16-7-5-6-8-17(16)24)11-21-19(20-4)22-12-18-23-14(2)15(3)25-18;/h5-8,13H,9-12H2,1-4H3,(H2,20,21,22);1H. The maximum atomic E-state index is 4.56. The molecule has 2 N–H and O–H groups in total. The third kappa shape index (κ3) is 4.88. The van der Waals surface area contributed by atoms with Crippen LogP contribution in [0.15, 0.2) is 29.3 Å². The molecule has 1 aromatic carbocycles. The molecule has 1 aliphatic rings. The van der Waals surface area contributed by atoms with Gasteiger partial charge in [0.25, 0.3) is 0 Å². The molecule has 3 rings (SSSR count). The topological polar surface area (TPSA) is 52.6 Å². The molecule has 7 heteroatoms. The van der Waals surface area contributed by atoms with E-state index in [1.54, 1.807) is 11.3 Å². The Morgan fingerprint density at radius 1 is 1.31 bits per heavy atom. The van der Waals surface area contributed by atoms with Gasteiger partial charge in [-0.3, -0.25) is 4.99 Å². The second-order valence-corrected chi connectivity index (χ2v) is 7.76. The molecule has 1 aliphatic heterocycles. The van der Waals surface area contributed by atoms with Crippen molar-refractivity contribution in [3.63, 3.8) is 0 Å². The van der Waals surface area contributed by atoms with Gasteiger partial charge in [-0.15, -0.1) is 35.3 Å². The van der Waals surface area contributed by atoms with E-state index < -0.39 is 0 Å². The maximum absolute atomic E-state index is 4.56. The van der Waals surface area contributed by atoms with Crippen LogP contribution in [0.1, 0.15) is 28.1 Å². The second-order valence-electron chi connectivity index (χ2n) is 6.48. The highest BCUT2D eigenvalue weighted by Gasteiger charge is 2.22. The Hall–Kier alpha value is -1.35. The molecule has 1 aromatic heterocycles. The zero-order valence-corrected chi connectivity index (χ0v) is 19.0. The molecule has 5 nitrogen and oxygen atoms in total. The Labute approximate surface area is 177 Å². The monoisotopic (exact) mass is 485 g/mol. The number of fused-ring (bicyclic) bond motifs is 1. The van der Waals surface area contributed by atoms with Gasteiger partial charge in [0.15, 0.2) is 5.96 Å². The van der Waals surface area contributed by atoms with Crippen LogP contribution in [0.2, 0.25) is 0 Å². The van der Waals surface area contributed by atoms with Gasteiger partial charge in [-0.25, -0.2) is 4.98 Å². The summed E-state index contributed by atoms with van der Waals surface area (Å²) in [6, 6.07) is 9.11. The number of aromatic nitrogens is 1. The van der Waals surface area contributed by atoms with Crippen LogP contribution in [0.5, 0.6) is 0 Å². The first-order valence-electron chi connectivity index (χ1n) is 8.80. The van der Waals surface area contributed by atoms with Crippen LogP contribution in [0.3, 0.4) is 0 Å². The van der Waals surface area contributed by atoms with E-state index in [-0.39, 0.29) is 24.0 Å². The van der Waals surface area contributed by atoms with Crippen molar-refractivity contribution in [3.05, 3.63) is 45.4 Å². The van der Waals surface area contributed by atoms with Crippen LogP contribution in [0.25, 0.3) is 0 Å². The number of halogens is 1. The molecular formula is C19H28IN5S. The molecule has 0 fully saturated rings. The zero-order chi connectivity index (χ0) is 17.8. The summed E-state index contributed by atoms with van der Waals surface area (Å²) in [4.78, 5) is 12.6. The van der Waals surface area contributed by atoms with Crippen molar-refractivity contribution in [2.24, 2.45) is 4.99 Å². The number of benzene rings is 1. The van der Waals surface area contributed by atoms with Crippen LogP contribution < -0.4 is 15.5 Å². The van der Waals surface area contributed by atoms with Crippen molar-refractivity contribution in [2.45, 2.75) is 39.8 Å². The van der Waals surface area contributed by atoms with Gasteiger partial charge in [0.05, 0.1) is 12.2 Å². The number of aliphatic imine (C=N–C) groups is 1. The molecule has 0 bridgehead atoms. The summed E-state index contributed by atoms with van der Waals surface area (Å²) in [5, 5.41) is 7.90. The lowest BCUT2D eigenvalue weighted by Gasteiger charge is -2.28. The quantitative estimate of drug-likeness (QED) is 0.387. The van der Waals surface area contributed by atoms with Gasteiger partial charge in [-0.2, -0.15) is 0 Å².